The van der Waals surface area contributed by atoms with E-state index in [1.54, 1.807) is 18.2 Å². The molecular formula is C12H17NO3S. The number of quaternary nitrogens is 1. The Morgan fingerprint density at radius 1 is 1.29 bits per heavy atom. The molecule has 17 heavy (non-hydrogen) atoms. The highest BCUT2D eigenvalue weighted by molar-refractivity contribution is 7.86. The number of benzene rings is 1. The van der Waals surface area contributed by atoms with Crippen molar-refractivity contribution >= 4 is 10.0 Å². The summed E-state index contributed by atoms with van der Waals surface area (Å²) in [6.45, 7) is 2.25. The van der Waals surface area contributed by atoms with Crippen LogP contribution >= 0.6 is 0 Å². The summed E-state index contributed by atoms with van der Waals surface area (Å²) in [5.41, 5.74) is 0.652. The van der Waals surface area contributed by atoms with Crippen LogP contribution in [0.15, 0.2) is 29.2 Å². The molecule has 94 valence electrons. The first-order valence-electron chi connectivity index (χ1n) is 5.92. The Morgan fingerprint density at radius 3 is 2.65 bits per heavy atom. The van der Waals surface area contributed by atoms with Crippen LogP contribution < -0.4 is 0 Å². The maximum atomic E-state index is 12.4. The Balaban J connectivity index is 2.30. The van der Waals surface area contributed by atoms with Crippen molar-refractivity contribution < 1.29 is 12.5 Å². The first-order chi connectivity index (χ1) is 8.01. The SMILES string of the molecule is CCCCC[N+]1([O-])Cc2ccccc2S1(=O)=O. The molecule has 2 rings (SSSR count). The summed E-state index contributed by atoms with van der Waals surface area (Å²) in [4.78, 5) is 0.214. The van der Waals surface area contributed by atoms with Crippen LogP contribution in [-0.4, -0.2) is 19.0 Å². The van der Waals surface area contributed by atoms with E-state index in [4.69, 9.17) is 0 Å². The number of sulfonamides is 1. The number of fused-ring (bicyclic) bond motifs is 1. The maximum absolute atomic E-state index is 12.4. The van der Waals surface area contributed by atoms with Gasteiger partial charge in [0.15, 0.2) is 0 Å². The molecule has 0 spiro atoms. The van der Waals surface area contributed by atoms with Crippen LogP contribution in [0.3, 0.4) is 0 Å². The van der Waals surface area contributed by atoms with E-state index in [1.807, 2.05) is 6.92 Å². The first-order valence-corrected chi connectivity index (χ1v) is 7.36. The van der Waals surface area contributed by atoms with E-state index >= 15 is 0 Å². The van der Waals surface area contributed by atoms with Crippen LogP contribution in [0, 0.1) is 5.21 Å². The third kappa shape index (κ3) is 1.99. The average molecular weight is 255 g/mol. The zero-order valence-electron chi connectivity index (χ0n) is 9.93. The third-order valence-corrected chi connectivity index (χ3v) is 5.34. The molecular weight excluding hydrogens is 238 g/mol. The normalized spacial score (nSPS) is 25.8. The Kier molecular flexibility index (Phi) is 3.25. The second kappa shape index (κ2) is 4.40. The van der Waals surface area contributed by atoms with Crippen molar-refractivity contribution in [1.29, 1.82) is 0 Å². The average Bonchev–Trinajstić information content (AvgIpc) is 2.48. The molecule has 0 saturated heterocycles. The van der Waals surface area contributed by atoms with Crippen molar-refractivity contribution in [2.45, 2.75) is 37.6 Å². The Labute approximate surface area is 102 Å². The summed E-state index contributed by atoms with van der Waals surface area (Å²) in [6.07, 6.45) is 2.54. The zero-order chi connectivity index (χ0) is 12.5. The van der Waals surface area contributed by atoms with Gasteiger partial charge in [-0.1, -0.05) is 31.5 Å². The van der Waals surface area contributed by atoms with Gasteiger partial charge in [-0.25, -0.2) is 4.05 Å². The number of hydroxylamine groups is 2. The number of unbranched alkanes of at least 4 members (excludes halogenated alkanes) is 2. The van der Waals surface area contributed by atoms with Gasteiger partial charge < -0.3 is 5.21 Å². The van der Waals surface area contributed by atoms with Crippen molar-refractivity contribution in [2.24, 2.45) is 0 Å². The molecule has 0 bridgehead atoms. The number of nitrogens with zero attached hydrogens (tertiary/aromatic N) is 1. The van der Waals surface area contributed by atoms with E-state index in [0.717, 1.165) is 12.8 Å². The molecule has 1 aromatic rings. The molecule has 5 heteroatoms. The van der Waals surface area contributed by atoms with E-state index in [1.165, 1.54) is 6.07 Å². The maximum Gasteiger partial charge on any atom is 0.327 e. The van der Waals surface area contributed by atoms with Gasteiger partial charge in [-0.15, -0.1) is 0 Å². The van der Waals surface area contributed by atoms with Crippen molar-refractivity contribution in [3.8, 4) is 0 Å². The molecule has 1 unspecified atom stereocenters. The summed E-state index contributed by atoms with van der Waals surface area (Å²) >= 11 is 0. The van der Waals surface area contributed by atoms with E-state index in [-0.39, 0.29) is 18.0 Å². The molecule has 0 amide bonds. The number of hydrogen-bond acceptors (Lipinski definition) is 3. The highest BCUT2D eigenvalue weighted by Gasteiger charge is 2.43. The van der Waals surface area contributed by atoms with Crippen LogP contribution in [-0.2, 0) is 16.6 Å². The summed E-state index contributed by atoms with van der Waals surface area (Å²) in [6, 6.07) is 6.70. The Hall–Kier alpha value is -0.910. The highest BCUT2D eigenvalue weighted by atomic mass is 32.2. The first kappa shape index (κ1) is 12.5. The Bertz CT molecular complexity index is 512. The van der Waals surface area contributed by atoms with Gasteiger partial charge in [0.05, 0.1) is 6.54 Å². The van der Waals surface area contributed by atoms with Gasteiger partial charge in [0.1, 0.15) is 11.4 Å². The monoisotopic (exact) mass is 255 g/mol. The van der Waals surface area contributed by atoms with Crippen LogP contribution in [0.5, 0.6) is 0 Å². The summed E-state index contributed by atoms with van der Waals surface area (Å²) in [7, 11) is -3.74. The zero-order valence-corrected chi connectivity index (χ0v) is 10.7. The smallest absolute Gasteiger partial charge is 0.327 e. The predicted octanol–water partition coefficient (Wildman–Crippen LogP) is 2.39. The minimum Gasteiger partial charge on any atom is -0.616 e. The Morgan fingerprint density at radius 2 is 2.00 bits per heavy atom. The quantitative estimate of drug-likeness (QED) is 0.471. The predicted molar refractivity (Wildman–Crippen MR) is 65.4 cm³/mol. The standard InChI is InChI=1S/C12H17NO3S/c1-2-3-6-9-13(14)10-11-7-4-5-8-12(11)17(13,15)16/h4-5,7-8H,2-3,6,9-10H2,1H3. The van der Waals surface area contributed by atoms with E-state index in [2.05, 4.69) is 0 Å². The van der Waals surface area contributed by atoms with Gasteiger partial charge in [-0.3, -0.25) is 0 Å². The molecule has 1 heterocycles. The molecule has 4 nitrogen and oxygen atoms in total. The van der Waals surface area contributed by atoms with Crippen LogP contribution in [0.2, 0.25) is 0 Å². The van der Waals surface area contributed by atoms with Gasteiger partial charge in [-0.05, 0) is 18.9 Å². The molecule has 0 saturated carbocycles. The van der Waals surface area contributed by atoms with E-state index < -0.39 is 14.1 Å². The fraction of sp³-hybridized carbons (Fsp3) is 0.500. The van der Waals surface area contributed by atoms with Gasteiger partial charge in [0.25, 0.3) is 0 Å². The summed E-state index contributed by atoms with van der Waals surface area (Å²) in [5.74, 6) is 0. The molecule has 1 aliphatic rings. The van der Waals surface area contributed by atoms with Gasteiger partial charge in [0.2, 0.25) is 0 Å². The third-order valence-electron chi connectivity index (χ3n) is 3.20. The van der Waals surface area contributed by atoms with Crippen molar-refractivity contribution in [3.05, 3.63) is 35.0 Å². The lowest BCUT2D eigenvalue weighted by Gasteiger charge is -2.35. The lowest BCUT2D eigenvalue weighted by atomic mass is 10.2. The topological polar surface area (TPSA) is 57.2 Å². The molecule has 1 aromatic carbocycles. The molecule has 0 N–H and O–H groups in total. The van der Waals surface area contributed by atoms with E-state index in [9.17, 15) is 13.6 Å². The fourth-order valence-electron chi connectivity index (χ4n) is 2.21. The second-order valence-corrected chi connectivity index (χ2v) is 6.54. The molecule has 0 fully saturated rings. The van der Waals surface area contributed by atoms with Gasteiger partial charge >= 0.3 is 10.0 Å². The lowest BCUT2D eigenvalue weighted by molar-refractivity contribution is -0.763. The van der Waals surface area contributed by atoms with Crippen LogP contribution in [0.4, 0.5) is 0 Å². The van der Waals surface area contributed by atoms with Crippen molar-refractivity contribution in [3.63, 3.8) is 0 Å². The lowest BCUT2D eigenvalue weighted by Crippen LogP contribution is -2.42. The molecule has 0 aliphatic carbocycles. The largest absolute Gasteiger partial charge is 0.616 e. The fourth-order valence-corrected chi connectivity index (χ4v) is 3.96. The minimum atomic E-state index is -3.74. The van der Waals surface area contributed by atoms with Crippen LogP contribution in [0.25, 0.3) is 0 Å². The molecule has 1 atom stereocenters. The molecule has 1 aliphatic heterocycles. The number of hydrogen-bond donors (Lipinski definition) is 0. The van der Waals surface area contributed by atoms with Crippen LogP contribution in [0.1, 0.15) is 31.7 Å². The second-order valence-electron chi connectivity index (χ2n) is 4.49. The van der Waals surface area contributed by atoms with Crippen molar-refractivity contribution in [2.75, 3.05) is 6.54 Å². The van der Waals surface area contributed by atoms with Crippen molar-refractivity contribution in [1.82, 2.24) is 0 Å². The highest BCUT2D eigenvalue weighted by Crippen LogP contribution is 2.36. The summed E-state index contributed by atoms with van der Waals surface area (Å²) < 4.78 is 23.2. The van der Waals surface area contributed by atoms with E-state index in [0.29, 0.717) is 12.0 Å². The molecule has 0 aromatic heterocycles. The van der Waals surface area contributed by atoms with Gasteiger partial charge in [-0.2, -0.15) is 8.42 Å². The minimum absolute atomic E-state index is 0.0578. The number of rotatable bonds is 4. The molecule has 0 radical (unpaired) electrons. The summed E-state index contributed by atoms with van der Waals surface area (Å²) in [5, 5.41) is 12.4. The van der Waals surface area contributed by atoms with Gasteiger partial charge in [0, 0.05) is 5.56 Å².